The molecule has 4 aromatic rings. The van der Waals surface area contributed by atoms with Crippen molar-refractivity contribution in [3.8, 4) is 11.5 Å². The van der Waals surface area contributed by atoms with Crippen LogP contribution in [0.2, 0.25) is 0 Å². The maximum absolute atomic E-state index is 13.5. The number of nitrogens with zero attached hydrogens (tertiary/aromatic N) is 4. The lowest BCUT2D eigenvalue weighted by Crippen LogP contribution is -2.47. The molecule has 4 aromatic carbocycles. The van der Waals surface area contributed by atoms with Gasteiger partial charge in [0.15, 0.2) is 22.2 Å². The first kappa shape index (κ1) is 38.4. The van der Waals surface area contributed by atoms with E-state index in [-0.39, 0.29) is 41.8 Å². The number of nitrogens with two attached hydrogens (primary N) is 1. The fraction of sp³-hybridized carbons (Fsp3) is 0.378. The van der Waals surface area contributed by atoms with E-state index in [0.29, 0.717) is 12.8 Å². The summed E-state index contributed by atoms with van der Waals surface area (Å²) in [6.45, 7) is 0. The average molecular weight is 912 g/mol. The zero-order valence-electron chi connectivity index (χ0n) is 32.2. The number of benzene rings is 4. The second-order valence-corrected chi connectivity index (χ2v) is 18.5. The van der Waals surface area contributed by atoms with Crippen LogP contribution in [-0.4, -0.2) is 65.3 Å². The molecule has 2 aliphatic carbocycles. The SMILES string of the molecule is CN1C(=O)C2(CC(C3CCCc4ccccc43)Oc3ccc(Br)cc32)N=C1N.CSC1=NC2(CC(C3CCCc4ccccc43)Oc3ccc(Br)cc32)C(=O)N1C. The van der Waals surface area contributed by atoms with Gasteiger partial charge >= 0.3 is 0 Å². The lowest BCUT2D eigenvalue weighted by atomic mass is 9.73. The monoisotopic (exact) mass is 909 g/mol. The van der Waals surface area contributed by atoms with Gasteiger partial charge in [0.2, 0.25) is 0 Å². The summed E-state index contributed by atoms with van der Waals surface area (Å²) in [7, 11) is 3.51. The molecular formula is C45H45Br2N5O4S. The molecule has 57 heavy (non-hydrogen) atoms. The van der Waals surface area contributed by atoms with E-state index in [2.05, 4.69) is 80.4 Å². The standard InChI is InChI=1S/C23H23BrN2O2S.C22H22BrN3O2/c1-26-21(27)23(25-22(26)29-2)13-20(28-19-11-10-15(24)12-18(19)23)17-9-5-7-14-6-3-4-8-16(14)17;1-26-20(27)22(25-21(26)24)12-19(28-18-10-9-14(23)11-17(18)22)16-8-4-6-13-5-2-3-7-15(13)16/h3-4,6,8,10-12,17,20H,5,7,9,13H2,1-2H3;2-3,5,7,9-11,16,19H,4,6,8,12H2,1H3,(H2,24,25). The number of aryl methyl sites for hydroxylation is 2. The minimum Gasteiger partial charge on any atom is -0.489 e. The predicted molar refractivity (Wildman–Crippen MR) is 232 cm³/mol. The summed E-state index contributed by atoms with van der Waals surface area (Å²) >= 11 is 8.61. The van der Waals surface area contributed by atoms with Gasteiger partial charge in [-0.1, -0.05) is 92.2 Å². The Morgan fingerprint density at radius 2 is 1.18 bits per heavy atom. The van der Waals surface area contributed by atoms with Gasteiger partial charge in [-0.15, -0.1) is 0 Å². The molecular weight excluding hydrogens is 866 g/mol. The van der Waals surface area contributed by atoms with Crippen LogP contribution in [0.15, 0.2) is 104 Å². The van der Waals surface area contributed by atoms with E-state index in [1.807, 2.05) is 49.7 Å². The van der Waals surface area contributed by atoms with Gasteiger partial charge in [-0.25, -0.2) is 9.98 Å². The predicted octanol–water partition coefficient (Wildman–Crippen LogP) is 8.81. The first-order valence-corrected chi connectivity index (χ1v) is 22.5. The highest BCUT2D eigenvalue weighted by Crippen LogP contribution is 2.53. The van der Waals surface area contributed by atoms with Crippen molar-refractivity contribution in [1.29, 1.82) is 0 Å². The third kappa shape index (κ3) is 6.41. The fourth-order valence-corrected chi connectivity index (χ4v) is 11.3. The Morgan fingerprint density at radius 1 is 0.702 bits per heavy atom. The summed E-state index contributed by atoms with van der Waals surface area (Å²) in [5.74, 6) is 2.25. The number of amidine groups is 1. The molecule has 294 valence electrons. The van der Waals surface area contributed by atoms with Crippen LogP contribution < -0.4 is 15.2 Å². The molecule has 0 saturated carbocycles. The summed E-state index contributed by atoms with van der Waals surface area (Å²) in [5.41, 5.74) is 11.3. The van der Waals surface area contributed by atoms with Crippen molar-refractivity contribution in [3.63, 3.8) is 0 Å². The molecule has 2 spiro atoms. The molecule has 12 heteroatoms. The summed E-state index contributed by atoms with van der Waals surface area (Å²) in [6.07, 6.45) is 9.45. The van der Waals surface area contributed by atoms with Crippen LogP contribution in [0.1, 0.15) is 83.7 Å². The number of likely N-dealkylation sites (N-methyl/N-ethyl adjacent to an activating group) is 2. The molecule has 0 bridgehead atoms. The van der Waals surface area contributed by atoms with Gasteiger partial charge in [-0.05, 0) is 103 Å². The highest BCUT2D eigenvalue weighted by Gasteiger charge is 2.56. The number of thioether (sulfide) groups is 1. The molecule has 0 fully saturated rings. The summed E-state index contributed by atoms with van der Waals surface area (Å²) in [5, 5.41) is 0.769. The Balaban J connectivity index is 0.000000148. The molecule has 4 heterocycles. The normalized spacial score (nSPS) is 28.3. The summed E-state index contributed by atoms with van der Waals surface area (Å²) in [6, 6.07) is 29.0. The molecule has 0 saturated heterocycles. The Hall–Kier alpha value is -4.13. The fourth-order valence-electron chi connectivity index (χ4n) is 10.0. The number of amides is 2. The van der Waals surface area contributed by atoms with Gasteiger partial charge in [0.05, 0.1) is 0 Å². The van der Waals surface area contributed by atoms with Gasteiger partial charge < -0.3 is 15.2 Å². The minimum absolute atomic E-state index is 0.0404. The van der Waals surface area contributed by atoms with Gasteiger partial charge in [0.1, 0.15) is 23.7 Å². The number of hydrogen-bond acceptors (Lipinski definition) is 8. The van der Waals surface area contributed by atoms with Gasteiger partial charge in [0.25, 0.3) is 11.8 Å². The number of carbonyl (C=O) groups excluding carboxylic acids is 2. The molecule has 6 unspecified atom stereocenters. The number of hydrogen-bond donors (Lipinski definition) is 1. The van der Waals surface area contributed by atoms with Crippen LogP contribution in [0, 0.1) is 0 Å². The van der Waals surface area contributed by atoms with Crippen molar-refractivity contribution in [3.05, 3.63) is 127 Å². The molecule has 6 atom stereocenters. The average Bonchev–Trinajstić information content (AvgIpc) is 3.60. The first-order chi connectivity index (χ1) is 27.5. The van der Waals surface area contributed by atoms with Crippen LogP contribution >= 0.6 is 43.6 Å². The Labute approximate surface area is 354 Å². The van der Waals surface area contributed by atoms with E-state index in [4.69, 9.17) is 25.2 Å². The van der Waals surface area contributed by atoms with Crippen LogP contribution in [0.25, 0.3) is 0 Å². The van der Waals surface area contributed by atoms with Crippen LogP contribution in [0.3, 0.4) is 0 Å². The molecule has 0 aromatic heterocycles. The molecule has 9 nitrogen and oxygen atoms in total. The van der Waals surface area contributed by atoms with Crippen molar-refractivity contribution in [2.75, 3.05) is 20.4 Å². The third-order valence-corrected chi connectivity index (χ3v) is 14.5. The van der Waals surface area contributed by atoms with Crippen molar-refractivity contribution < 1.29 is 19.1 Å². The third-order valence-electron chi connectivity index (χ3n) is 12.8. The number of aliphatic imine (C=N–C) groups is 2. The van der Waals surface area contributed by atoms with Crippen LogP contribution in [-0.2, 0) is 33.5 Å². The van der Waals surface area contributed by atoms with Gasteiger partial charge in [-0.3, -0.25) is 19.4 Å². The Morgan fingerprint density at radius 3 is 1.63 bits per heavy atom. The van der Waals surface area contributed by atoms with Crippen molar-refractivity contribution in [2.24, 2.45) is 15.7 Å². The molecule has 4 aliphatic heterocycles. The van der Waals surface area contributed by atoms with E-state index < -0.39 is 11.1 Å². The number of fused-ring (bicyclic) bond motifs is 6. The second kappa shape index (κ2) is 14.9. The highest BCUT2D eigenvalue weighted by atomic mass is 79.9. The second-order valence-electron chi connectivity index (χ2n) is 15.9. The van der Waals surface area contributed by atoms with E-state index in [1.165, 1.54) is 38.9 Å². The van der Waals surface area contributed by atoms with Crippen molar-refractivity contribution in [2.45, 2.75) is 86.5 Å². The minimum atomic E-state index is -1.01. The number of guanidine groups is 1. The lowest BCUT2D eigenvalue weighted by molar-refractivity contribution is -0.133. The zero-order valence-corrected chi connectivity index (χ0v) is 36.2. The Kier molecular flexibility index (Phi) is 10.0. The number of rotatable bonds is 2. The van der Waals surface area contributed by atoms with Gasteiger partial charge in [0, 0.05) is 58.8 Å². The van der Waals surface area contributed by atoms with E-state index in [0.717, 1.165) is 75.3 Å². The van der Waals surface area contributed by atoms with Crippen molar-refractivity contribution in [1.82, 2.24) is 9.80 Å². The highest BCUT2D eigenvalue weighted by molar-refractivity contribution is 9.10. The molecule has 6 aliphatic rings. The molecule has 2 amide bonds. The van der Waals surface area contributed by atoms with Gasteiger partial charge in [-0.2, -0.15) is 0 Å². The number of carbonyl (C=O) groups is 2. The largest absolute Gasteiger partial charge is 0.489 e. The summed E-state index contributed by atoms with van der Waals surface area (Å²) in [4.78, 5) is 39.7. The first-order valence-electron chi connectivity index (χ1n) is 19.7. The summed E-state index contributed by atoms with van der Waals surface area (Å²) < 4.78 is 14.9. The van der Waals surface area contributed by atoms with Crippen LogP contribution in [0.4, 0.5) is 0 Å². The molecule has 0 radical (unpaired) electrons. The maximum Gasteiger partial charge on any atom is 0.261 e. The number of halogens is 2. The topological polar surface area (TPSA) is 110 Å². The molecule has 10 rings (SSSR count). The lowest BCUT2D eigenvalue weighted by Gasteiger charge is -2.41. The molecule has 2 N–H and O–H groups in total. The zero-order chi connectivity index (χ0) is 39.6. The smallest absolute Gasteiger partial charge is 0.261 e. The Bertz CT molecular complexity index is 2350. The van der Waals surface area contributed by atoms with Crippen molar-refractivity contribution >= 4 is 66.6 Å². The quantitative estimate of drug-likeness (QED) is 0.216. The van der Waals surface area contributed by atoms with E-state index in [9.17, 15) is 9.59 Å². The maximum atomic E-state index is 13.5. The number of ether oxygens (including phenoxy) is 2. The van der Waals surface area contributed by atoms with E-state index >= 15 is 0 Å². The van der Waals surface area contributed by atoms with Crippen LogP contribution in [0.5, 0.6) is 11.5 Å². The van der Waals surface area contributed by atoms with E-state index in [1.54, 1.807) is 11.9 Å².